The molecule has 0 bridgehead atoms. The van der Waals surface area contributed by atoms with Gasteiger partial charge in [0.25, 0.3) is 10.1 Å². The molecule has 2 atom stereocenters. The Balaban J connectivity index is 2.37. The summed E-state index contributed by atoms with van der Waals surface area (Å²) in [5.41, 5.74) is 1.23. The topological polar surface area (TPSA) is 89.9 Å². The SMILES string of the molecule is COC(=O)[C@H](O)[C@@H](OS(=O)(=O)c1ccc(C)cc1)c1ccccc1. The maximum Gasteiger partial charge on any atom is 0.337 e. The molecule has 0 radical (unpaired) electrons. The molecule has 128 valence electrons. The zero-order chi connectivity index (χ0) is 17.7. The molecule has 0 aliphatic rings. The lowest BCUT2D eigenvalue weighted by molar-refractivity contribution is -0.155. The molecular weight excluding hydrogens is 332 g/mol. The maximum absolute atomic E-state index is 12.5. The monoisotopic (exact) mass is 350 g/mol. The Labute approximate surface area is 140 Å². The van der Waals surface area contributed by atoms with Gasteiger partial charge in [0.05, 0.1) is 12.0 Å². The minimum Gasteiger partial charge on any atom is -0.467 e. The van der Waals surface area contributed by atoms with Gasteiger partial charge in [0, 0.05) is 0 Å². The summed E-state index contributed by atoms with van der Waals surface area (Å²) in [7, 11) is -3.08. The van der Waals surface area contributed by atoms with Crippen LogP contribution < -0.4 is 0 Å². The summed E-state index contributed by atoms with van der Waals surface area (Å²) in [5, 5.41) is 10.1. The number of benzene rings is 2. The van der Waals surface area contributed by atoms with Crippen molar-refractivity contribution in [3.8, 4) is 0 Å². The Morgan fingerprint density at radius 1 is 1.04 bits per heavy atom. The number of carbonyl (C=O) groups excluding carboxylic acids is 1. The van der Waals surface area contributed by atoms with E-state index in [2.05, 4.69) is 4.74 Å². The average Bonchev–Trinajstić information content (AvgIpc) is 2.59. The fraction of sp³-hybridized carbons (Fsp3) is 0.235. The molecule has 2 aromatic carbocycles. The van der Waals surface area contributed by atoms with Gasteiger partial charge in [0.15, 0.2) is 6.10 Å². The Hall–Kier alpha value is -2.22. The van der Waals surface area contributed by atoms with Crippen LogP contribution in [0.3, 0.4) is 0 Å². The predicted molar refractivity (Wildman–Crippen MR) is 86.7 cm³/mol. The summed E-state index contributed by atoms with van der Waals surface area (Å²) in [6.45, 7) is 1.82. The highest BCUT2D eigenvalue weighted by atomic mass is 32.2. The normalized spacial score (nSPS) is 14.0. The van der Waals surface area contributed by atoms with E-state index >= 15 is 0 Å². The van der Waals surface area contributed by atoms with Crippen LogP contribution in [0.1, 0.15) is 17.2 Å². The van der Waals surface area contributed by atoms with Crippen molar-refractivity contribution in [2.75, 3.05) is 7.11 Å². The molecule has 24 heavy (non-hydrogen) atoms. The van der Waals surface area contributed by atoms with E-state index < -0.39 is 28.3 Å². The van der Waals surface area contributed by atoms with Crippen molar-refractivity contribution in [2.24, 2.45) is 0 Å². The van der Waals surface area contributed by atoms with Crippen LogP contribution in [0, 0.1) is 6.92 Å². The van der Waals surface area contributed by atoms with Crippen LogP contribution in [0.25, 0.3) is 0 Å². The van der Waals surface area contributed by atoms with Gasteiger partial charge >= 0.3 is 5.97 Å². The van der Waals surface area contributed by atoms with Gasteiger partial charge in [0.2, 0.25) is 0 Å². The number of carbonyl (C=O) groups is 1. The quantitative estimate of drug-likeness (QED) is 0.633. The molecular formula is C17H18O6S. The van der Waals surface area contributed by atoms with Crippen molar-refractivity contribution in [3.05, 3.63) is 65.7 Å². The Morgan fingerprint density at radius 3 is 2.17 bits per heavy atom. The number of ether oxygens (including phenoxy) is 1. The lowest BCUT2D eigenvalue weighted by atomic mass is 10.0. The number of rotatable bonds is 6. The Kier molecular flexibility index (Phi) is 5.71. The molecule has 0 aliphatic carbocycles. The summed E-state index contributed by atoms with van der Waals surface area (Å²) in [6.07, 6.45) is -3.19. The molecule has 0 saturated carbocycles. The van der Waals surface area contributed by atoms with Crippen LogP contribution in [0.2, 0.25) is 0 Å². The van der Waals surface area contributed by atoms with Crippen LogP contribution >= 0.6 is 0 Å². The van der Waals surface area contributed by atoms with Crippen molar-refractivity contribution in [3.63, 3.8) is 0 Å². The molecule has 2 aromatic rings. The Bertz CT molecular complexity index is 784. The second-order valence-electron chi connectivity index (χ2n) is 5.16. The first-order chi connectivity index (χ1) is 11.3. The van der Waals surface area contributed by atoms with E-state index in [1.165, 1.54) is 12.1 Å². The molecule has 7 heteroatoms. The highest BCUT2D eigenvalue weighted by molar-refractivity contribution is 7.86. The Morgan fingerprint density at radius 2 is 1.62 bits per heavy atom. The smallest absolute Gasteiger partial charge is 0.337 e. The lowest BCUT2D eigenvalue weighted by Crippen LogP contribution is -2.32. The molecule has 6 nitrogen and oxygen atoms in total. The lowest BCUT2D eigenvalue weighted by Gasteiger charge is -2.21. The molecule has 2 rings (SSSR count). The molecule has 1 N–H and O–H groups in total. The number of aryl methyl sites for hydroxylation is 1. The van der Waals surface area contributed by atoms with E-state index in [-0.39, 0.29) is 4.90 Å². The largest absolute Gasteiger partial charge is 0.467 e. The zero-order valence-electron chi connectivity index (χ0n) is 13.2. The molecule has 0 aliphatic heterocycles. The van der Waals surface area contributed by atoms with E-state index in [4.69, 9.17) is 4.18 Å². The van der Waals surface area contributed by atoms with Crippen LogP contribution in [0.5, 0.6) is 0 Å². The fourth-order valence-electron chi connectivity index (χ4n) is 2.07. The van der Waals surface area contributed by atoms with Crippen LogP contribution in [0.4, 0.5) is 0 Å². The summed E-state index contributed by atoms with van der Waals surface area (Å²) < 4.78 is 34.6. The van der Waals surface area contributed by atoms with Gasteiger partial charge in [0.1, 0.15) is 6.10 Å². The molecule has 0 spiro atoms. The standard InChI is InChI=1S/C17H18O6S/c1-12-8-10-14(11-9-12)24(20,21)23-16(15(18)17(19)22-2)13-6-4-3-5-7-13/h3-11,15-16,18H,1-2H3/t15-,16+/m1/s1. The van der Waals surface area contributed by atoms with Gasteiger partial charge < -0.3 is 9.84 Å². The van der Waals surface area contributed by atoms with Crippen molar-refractivity contribution < 1.29 is 27.2 Å². The van der Waals surface area contributed by atoms with Crippen molar-refractivity contribution >= 4 is 16.1 Å². The average molecular weight is 350 g/mol. The van der Waals surface area contributed by atoms with Crippen molar-refractivity contribution in [2.45, 2.75) is 24.0 Å². The number of hydrogen-bond acceptors (Lipinski definition) is 6. The van der Waals surface area contributed by atoms with Gasteiger partial charge in [-0.15, -0.1) is 0 Å². The number of aliphatic hydroxyl groups is 1. The summed E-state index contributed by atoms with van der Waals surface area (Å²) in [6, 6.07) is 14.2. The third-order valence-electron chi connectivity index (χ3n) is 3.40. The molecule has 0 heterocycles. The fourth-order valence-corrected chi connectivity index (χ4v) is 3.14. The minimum absolute atomic E-state index is 0.0638. The van der Waals surface area contributed by atoms with Crippen LogP contribution in [0.15, 0.2) is 59.5 Å². The molecule has 0 aromatic heterocycles. The van der Waals surface area contributed by atoms with Crippen molar-refractivity contribution in [1.29, 1.82) is 0 Å². The number of hydrogen-bond donors (Lipinski definition) is 1. The van der Waals surface area contributed by atoms with E-state index in [0.29, 0.717) is 5.56 Å². The first-order valence-corrected chi connectivity index (χ1v) is 8.57. The van der Waals surface area contributed by atoms with Crippen molar-refractivity contribution in [1.82, 2.24) is 0 Å². The number of methoxy groups -OCH3 is 1. The van der Waals surface area contributed by atoms with E-state index in [1.807, 2.05) is 6.92 Å². The molecule has 0 saturated heterocycles. The van der Waals surface area contributed by atoms with E-state index in [0.717, 1.165) is 12.7 Å². The molecule has 0 amide bonds. The van der Waals surface area contributed by atoms with Gasteiger partial charge in [-0.3, -0.25) is 4.18 Å². The van der Waals surface area contributed by atoms with Crippen LogP contribution in [-0.2, 0) is 23.8 Å². The highest BCUT2D eigenvalue weighted by Crippen LogP contribution is 2.27. The summed E-state index contributed by atoms with van der Waals surface area (Å²) in [5.74, 6) is -0.983. The summed E-state index contributed by atoms with van der Waals surface area (Å²) in [4.78, 5) is 11.6. The third kappa shape index (κ3) is 4.19. The summed E-state index contributed by atoms with van der Waals surface area (Å²) >= 11 is 0. The van der Waals surface area contributed by atoms with Crippen LogP contribution in [-0.4, -0.2) is 32.7 Å². The maximum atomic E-state index is 12.5. The van der Waals surface area contributed by atoms with Gasteiger partial charge in [-0.1, -0.05) is 48.0 Å². The van der Waals surface area contributed by atoms with Gasteiger partial charge in [-0.05, 0) is 24.6 Å². The highest BCUT2D eigenvalue weighted by Gasteiger charge is 2.34. The molecule has 0 fully saturated rings. The first kappa shape index (κ1) is 18.1. The van der Waals surface area contributed by atoms with E-state index in [9.17, 15) is 18.3 Å². The van der Waals surface area contributed by atoms with E-state index in [1.54, 1.807) is 42.5 Å². The third-order valence-corrected chi connectivity index (χ3v) is 4.71. The van der Waals surface area contributed by atoms with Gasteiger partial charge in [-0.25, -0.2) is 4.79 Å². The predicted octanol–water partition coefficient (Wildman–Crippen LogP) is 1.98. The van der Waals surface area contributed by atoms with Gasteiger partial charge in [-0.2, -0.15) is 8.42 Å². The number of esters is 1. The zero-order valence-corrected chi connectivity index (χ0v) is 14.1. The second-order valence-corrected chi connectivity index (χ2v) is 6.73. The number of aliphatic hydroxyl groups excluding tert-OH is 1. The first-order valence-electron chi connectivity index (χ1n) is 7.16. The minimum atomic E-state index is -4.18. The second kappa shape index (κ2) is 7.57. The molecule has 0 unspecified atom stereocenters.